The molecule has 0 bridgehead atoms. The molecular weight excluding hydrogens is 347 g/mol. The summed E-state index contributed by atoms with van der Waals surface area (Å²) in [6.45, 7) is 0.253. The van der Waals surface area contributed by atoms with E-state index in [1.54, 1.807) is 11.7 Å². The molecule has 2 heterocycles. The third-order valence-electron chi connectivity index (χ3n) is 5.80. The first-order chi connectivity index (χ1) is 13.0. The van der Waals surface area contributed by atoms with Crippen molar-refractivity contribution in [2.75, 3.05) is 11.4 Å². The van der Waals surface area contributed by atoms with Crippen molar-refractivity contribution >= 4 is 28.7 Å². The Labute approximate surface area is 157 Å². The molecule has 2 aromatic rings. The van der Waals surface area contributed by atoms with Crippen molar-refractivity contribution < 1.29 is 14.0 Å². The minimum absolute atomic E-state index is 0.215. The summed E-state index contributed by atoms with van der Waals surface area (Å²) >= 11 is 0. The fourth-order valence-electron chi connectivity index (χ4n) is 4.32. The predicted octanol–water partition coefficient (Wildman–Crippen LogP) is 3.99. The molecule has 0 unspecified atom stereocenters. The zero-order valence-electron chi connectivity index (χ0n) is 15.6. The molecule has 1 saturated heterocycles. The van der Waals surface area contributed by atoms with E-state index in [0.29, 0.717) is 11.2 Å². The van der Waals surface area contributed by atoms with Gasteiger partial charge in [0.05, 0.1) is 5.52 Å². The van der Waals surface area contributed by atoms with Crippen LogP contribution in [-0.4, -0.2) is 28.3 Å². The quantitative estimate of drug-likeness (QED) is 0.867. The van der Waals surface area contributed by atoms with Crippen molar-refractivity contribution in [2.45, 2.75) is 57.3 Å². The van der Waals surface area contributed by atoms with Gasteiger partial charge < -0.3 is 0 Å². The highest BCUT2D eigenvalue weighted by molar-refractivity contribution is 6.08. The predicted molar refractivity (Wildman–Crippen MR) is 101 cm³/mol. The lowest BCUT2D eigenvalue weighted by molar-refractivity contribution is -0.120. The number of nitrogens with one attached hydrogen (secondary N) is 1. The molecule has 0 radical (unpaired) electrons. The van der Waals surface area contributed by atoms with Gasteiger partial charge in [-0.3, -0.25) is 19.7 Å². The molecule has 0 atom stereocenters. The number of anilines is 1. The molecular formula is C20H25FN4O2. The van der Waals surface area contributed by atoms with Gasteiger partial charge in [-0.2, -0.15) is 5.10 Å². The van der Waals surface area contributed by atoms with E-state index in [2.05, 4.69) is 10.4 Å². The Morgan fingerprint density at radius 1 is 1.11 bits per heavy atom. The molecule has 144 valence electrons. The molecule has 1 aromatic carbocycles. The van der Waals surface area contributed by atoms with Crippen LogP contribution in [0.25, 0.3) is 10.9 Å². The van der Waals surface area contributed by atoms with Crippen LogP contribution in [-0.2, 0) is 11.8 Å². The highest BCUT2D eigenvalue weighted by Gasteiger charge is 2.29. The summed E-state index contributed by atoms with van der Waals surface area (Å²) in [4.78, 5) is 25.0. The fourth-order valence-corrected chi connectivity index (χ4v) is 4.32. The number of aromatic nitrogens is 2. The second kappa shape index (κ2) is 7.29. The summed E-state index contributed by atoms with van der Waals surface area (Å²) in [5.74, 6) is 0.120. The Morgan fingerprint density at radius 3 is 2.52 bits per heavy atom. The maximum atomic E-state index is 15.0. The van der Waals surface area contributed by atoms with Crippen molar-refractivity contribution in [1.82, 2.24) is 15.1 Å². The number of urea groups is 1. The maximum Gasteiger partial charge on any atom is 0.329 e. The Bertz CT molecular complexity index is 884. The van der Waals surface area contributed by atoms with Crippen LogP contribution in [0.4, 0.5) is 15.0 Å². The van der Waals surface area contributed by atoms with Crippen LogP contribution in [0.2, 0.25) is 0 Å². The number of benzene rings is 1. The largest absolute Gasteiger partial charge is 0.329 e. The lowest BCUT2D eigenvalue weighted by Crippen LogP contribution is -2.49. The molecule has 1 aliphatic carbocycles. The molecule has 6 nitrogen and oxygen atoms in total. The van der Waals surface area contributed by atoms with Crippen molar-refractivity contribution in [3.8, 4) is 0 Å². The number of aryl methyl sites for hydroxylation is 1. The number of nitrogens with zero attached hydrogens (tertiary/aromatic N) is 3. The lowest BCUT2D eigenvalue weighted by Gasteiger charge is -2.24. The van der Waals surface area contributed by atoms with Gasteiger partial charge in [0.15, 0.2) is 5.82 Å². The van der Waals surface area contributed by atoms with Crippen molar-refractivity contribution in [3.05, 3.63) is 23.5 Å². The van der Waals surface area contributed by atoms with Gasteiger partial charge in [-0.15, -0.1) is 0 Å². The smallest absolute Gasteiger partial charge is 0.278 e. The highest BCUT2D eigenvalue weighted by Crippen LogP contribution is 2.36. The first-order valence-corrected chi connectivity index (χ1v) is 9.82. The Morgan fingerprint density at radius 2 is 1.81 bits per heavy atom. The Balaban J connectivity index is 1.72. The fraction of sp³-hybridized carbons (Fsp3) is 0.550. The van der Waals surface area contributed by atoms with Crippen LogP contribution in [0.5, 0.6) is 0 Å². The van der Waals surface area contributed by atoms with E-state index in [1.165, 1.54) is 30.2 Å². The average molecular weight is 372 g/mol. The SMILES string of the molecule is Cn1nc(N2CCC(=O)NC2=O)c2cc(F)c(C3CCCCCCC3)cc21. The number of carbonyl (C=O) groups is 2. The molecule has 3 amide bonds. The minimum Gasteiger partial charge on any atom is -0.278 e. The molecule has 1 aromatic heterocycles. The summed E-state index contributed by atoms with van der Waals surface area (Å²) in [7, 11) is 1.80. The molecule has 1 N–H and O–H groups in total. The first-order valence-electron chi connectivity index (χ1n) is 9.82. The second-order valence-electron chi connectivity index (χ2n) is 7.64. The molecule has 2 fully saturated rings. The molecule has 27 heavy (non-hydrogen) atoms. The summed E-state index contributed by atoms with van der Waals surface area (Å²) in [5, 5.41) is 7.36. The third kappa shape index (κ3) is 3.42. The Hall–Kier alpha value is -2.44. The number of amides is 3. The number of imide groups is 1. The number of fused-ring (bicyclic) bond motifs is 1. The van der Waals surface area contributed by atoms with Gasteiger partial charge in [0.1, 0.15) is 5.82 Å². The number of rotatable bonds is 2. The van der Waals surface area contributed by atoms with Crippen LogP contribution < -0.4 is 10.2 Å². The average Bonchev–Trinajstić information content (AvgIpc) is 2.90. The van der Waals surface area contributed by atoms with Crippen molar-refractivity contribution in [1.29, 1.82) is 0 Å². The van der Waals surface area contributed by atoms with Crippen molar-refractivity contribution in [3.63, 3.8) is 0 Å². The number of hydrogen-bond donors (Lipinski definition) is 1. The monoisotopic (exact) mass is 372 g/mol. The molecule has 1 saturated carbocycles. The molecule has 4 rings (SSSR count). The topological polar surface area (TPSA) is 67.2 Å². The van der Waals surface area contributed by atoms with Crippen LogP contribution in [0.15, 0.2) is 12.1 Å². The number of halogens is 1. The van der Waals surface area contributed by atoms with Crippen molar-refractivity contribution in [2.24, 2.45) is 7.05 Å². The van der Waals surface area contributed by atoms with E-state index in [9.17, 15) is 9.59 Å². The van der Waals surface area contributed by atoms with Gasteiger partial charge in [-0.05, 0) is 36.5 Å². The van der Waals surface area contributed by atoms with Crippen LogP contribution in [0, 0.1) is 5.82 Å². The van der Waals surface area contributed by atoms with Gasteiger partial charge in [-0.1, -0.05) is 32.1 Å². The van der Waals surface area contributed by atoms with E-state index in [-0.39, 0.29) is 30.6 Å². The van der Waals surface area contributed by atoms with E-state index >= 15 is 4.39 Å². The lowest BCUT2D eigenvalue weighted by atomic mass is 9.85. The summed E-state index contributed by atoms with van der Waals surface area (Å²) in [5.41, 5.74) is 1.57. The minimum atomic E-state index is -0.504. The summed E-state index contributed by atoms with van der Waals surface area (Å²) in [6, 6.07) is 2.91. The van der Waals surface area contributed by atoms with Crippen LogP contribution in [0.3, 0.4) is 0 Å². The summed E-state index contributed by atoms with van der Waals surface area (Å²) < 4.78 is 16.7. The van der Waals surface area contributed by atoms with Gasteiger partial charge in [0.2, 0.25) is 5.91 Å². The molecule has 0 spiro atoms. The molecule has 1 aliphatic heterocycles. The highest BCUT2D eigenvalue weighted by atomic mass is 19.1. The van der Waals surface area contributed by atoms with Gasteiger partial charge >= 0.3 is 6.03 Å². The summed E-state index contributed by atoms with van der Waals surface area (Å²) in [6.07, 6.45) is 8.25. The third-order valence-corrected chi connectivity index (χ3v) is 5.80. The molecule has 2 aliphatic rings. The van der Waals surface area contributed by atoms with Gasteiger partial charge in [-0.25, -0.2) is 9.18 Å². The second-order valence-corrected chi connectivity index (χ2v) is 7.64. The van der Waals surface area contributed by atoms with Gasteiger partial charge in [0, 0.05) is 25.4 Å². The van der Waals surface area contributed by atoms with Crippen LogP contribution in [0.1, 0.15) is 62.8 Å². The van der Waals surface area contributed by atoms with E-state index in [4.69, 9.17) is 0 Å². The van der Waals surface area contributed by atoms with E-state index in [1.807, 2.05) is 6.07 Å². The maximum absolute atomic E-state index is 15.0. The van der Waals surface area contributed by atoms with Crippen LogP contribution >= 0.6 is 0 Å². The standard InChI is InChI=1S/C20H25FN4O2/c1-24-17-12-14(13-7-5-3-2-4-6-8-13)16(21)11-15(17)19(23-24)25-10-9-18(26)22-20(25)27/h11-13H,2-10H2,1H3,(H,22,26,27). The zero-order chi connectivity index (χ0) is 19.0. The normalized spacial score (nSPS) is 19.9. The molecule has 7 heteroatoms. The number of carbonyl (C=O) groups excluding carboxylic acids is 2. The number of hydrogen-bond acceptors (Lipinski definition) is 3. The van der Waals surface area contributed by atoms with E-state index in [0.717, 1.165) is 36.8 Å². The van der Waals surface area contributed by atoms with Gasteiger partial charge in [0.25, 0.3) is 0 Å². The first kappa shape index (κ1) is 17.9. The zero-order valence-corrected chi connectivity index (χ0v) is 15.6. The van der Waals surface area contributed by atoms with E-state index < -0.39 is 6.03 Å². The Kier molecular flexibility index (Phi) is 4.85.